The summed E-state index contributed by atoms with van der Waals surface area (Å²) in [5.41, 5.74) is 0. The molecule has 0 spiro atoms. The van der Waals surface area contributed by atoms with E-state index in [9.17, 15) is 0 Å². The van der Waals surface area contributed by atoms with Crippen LogP contribution in [-0.2, 0) is 4.39 Å². The van der Waals surface area contributed by atoms with E-state index in [4.69, 9.17) is 11.9 Å². The number of hydroxylamine groups is 2. The number of halogens is 1. The van der Waals surface area contributed by atoms with Crippen molar-refractivity contribution in [3.63, 3.8) is 0 Å². The number of hydrogen-bond acceptors (Lipinski definition) is 3. The van der Waals surface area contributed by atoms with Crippen molar-refractivity contribution in [2.75, 3.05) is 20.1 Å². The van der Waals surface area contributed by atoms with Crippen LogP contribution >= 0.6 is 11.9 Å². The van der Waals surface area contributed by atoms with E-state index < -0.39 is 0 Å². The van der Waals surface area contributed by atoms with E-state index in [1.165, 1.54) is 0 Å². The van der Waals surface area contributed by atoms with Gasteiger partial charge in [-0.3, -0.25) is 4.90 Å². The van der Waals surface area contributed by atoms with Gasteiger partial charge in [0.25, 0.3) is 0 Å². The molecule has 1 heterocycles. The van der Waals surface area contributed by atoms with E-state index in [0.717, 1.165) is 19.5 Å². The van der Waals surface area contributed by atoms with Crippen LogP contribution in [0.2, 0.25) is 0 Å². The maximum absolute atomic E-state index is 5.24. The van der Waals surface area contributed by atoms with Crippen molar-refractivity contribution in [2.45, 2.75) is 19.5 Å². The Balaban J connectivity index is 0. The third kappa shape index (κ3) is 3.19. The molecule has 0 amide bonds. The van der Waals surface area contributed by atoms with Crippen LogP contribution in [0, 0.1) is 0 Å². The molecular weight excluding hydrogens is 175 g/mol. The minimum Gasteiger partial charge on any atom is -1.00 e. The van der Waals surface area contributed by atoms with Gasteiger partial charge in [-0.05, 0) is 20.4 Å². The van der Waals surface area contributed by atoms with Gasteiger partial charge in [0, 0.05) is 13.1 Å². The van der Waals surface area contributed by atoms with Crippen molar-refractivity contribution in [2.24, 2.45) is 0 Å². The summed E-state index contributed by atoms with van der Waals surface area (Å²) in [5, 5.41) is 1.77. The van der Waals surface area contributed by atoms with Crippen LogP contribution in [0.1, 0.15) is 14.8 Å². The second kappa shape index (κ2) is 5.75. The second-order valence-electron chi connectivity index (χ2n) is 2.68. The molecule has 1 unspecified atom stereocenters. The fourth-order valence-electron chi connectivity index (χ4n) is 1.16. The first-order valence-corrected chi connectivity index (χ1v) is 3.82. The predicted molar refractivity (Wildman–Crippen MR) is 41.5 cm³/mol. The third-order valence-corrected chi connectivity index (χ3v) is 2.21. The average molecular weight is 189 g/mol. The molecule has 62 valence electrons. The second-order valence-corrected chi connectivity index (χ2v) is 2.81. The Hall–Kier alpha value is 1.17. The zero-order valence-electron chi connectivity index (χ0n) is 8.38. The van der Waals surface area contributed by atoms with Gasteiger partial charge < -0.3 is 1.43 Å². The maximum atomic E-state index is 5.24. The number of nitrogens with zero attached hydrogens (tertiary/aromatic N) is 2. The van der Waals surface area contributed by atoms with Crippen LogP contribution in [0.15, 0.2) is 0 Å². The van der Waals surface area contributed by atoms with Crippen molar-refractivity contribution in [1.29, 1.82) is 0 Å². The van der Waals surface area contributed by atoms with E-state index in [-0.39, 0.29) is 31.0 Å². The molecule has 11 heavy (non-hydrogen) atoms. The smallest absolute Gasteiger partial charge is 1.00 e. The van der Waals surface area contributed by atoms with Gasteiger partial charge in [0.2, 0.25) is 0 Å². The summed E-state index contributed by atoms with van der Waals surface area (Å²) < 4.78 is 4.64. The minimum atomic E-state index is 0. The zero-order valence-corrected chi connectivity index (χ0v) is 10.1. The molecule has 1 atom stereocenters. The van der Waals surface area contributed by atoms with Gasteiger partial charge in [0.15, 0.2) is 0 Å². The maximum Gasteiger partial charge on any atom is 1.00 e. The van der Waals surface area contributed by atoms with Gasteiger partial charge in [-0.25, -0.2) is 0 Å². The van der Waals surface area contributed by atoms with Crippen molar-refractivity contribution in [1.82, 2.24) is 9.96 Å². The third-order valence-electron chi connectivity index (χ3n) is 2.03. The van der Waals surface area contributed by atoms with Gasteiger partial charge in [-0.1, -0.05) is 0 Å². The molecule has 1 rings (SSSR count). The summed E-state index contributed by atoms with van der Waals surface area (Å²) in [5.74, 6) is 0. The number of hydrogen-bond donors (Lipinski definition) is 0. The summed E-state index contributed by atoms with van der Waals surface area (Å²) >= 11 is 5.24. The minimum absolute atomic E-state index is 0. The Morgan fingerprint density at radius 1 is 1.55 bits per heavy atom. The normalized spacial score (nSPS) is 28.1. The first-order valence-electron chi connectivity index (χ1n) is 3.51. The van der Waals surface area contributed by atoms with E-state index in [1.54, 1.807) is 5.06 Å². The molecule has 0 radical (unpaired) electrons. The van der Waals surface area contributed by atoms with Crippen LogP contribution in [0.5, 0.6) is 0 Å². The Kier molecular flexibility index (Phi) is 6.37. The van der Waals surface area contributed by atoms with Crippen molar-refractivity contribution in [3.8, 4) is 0 Å². The van der Waals surface area contributed by atoms with E-state index >= 15 is 0 Å². The van der Waals surface area contributed by atoms with Gasteiger partial charge in [0.1, 0.15) is 0 Å². The standard InChI is InChI=1S/C6H13ClN2O.Na.H/c1-6-8(2)4-3-5-9(6)10-7;;/h6H,3-5H2,1-2H3;;/q;+1;-1. The predicted octanol–water partition coefficient (Wildman–Crippen LogP) is -1.83. The summed E-state index contributed by atoms with van der Waals surface area (Å²) in [6.07, 6.45) is 1.42. The number of rotatable bonds is 1. The van der Waals surface area contributed by atoms with Crippen LogP contribution in [0.25, 0.3) is 0 Å². The molecule has 1 aliphatic heterocycles. The molecule has 0 saturated carbocycles. The summed E-state index contributed by atoms with van der Waals surface area (Å²) in [6.45, 7) is 4.12. The summed E-state index contributed by atoms with van der Waals surface area (Å²) in [4.78, 5) is 2.20. The Bertz CT molecular complexity index is 122. The molecule has 5 heteroatoms. The summed E-state index contributed by atoms with van der Waals surface area (Å²) in [6, 6.07) is 0. The Labute approximate surface area is 96.5 Å². The van der Waals surface area contributed by atoms with Gasteiger partial charge in [-0.15, -0.1) is 0 Å². The van der Waals surface area contributed by atoms with E-state index in [1.807, 2.05) is 0 Å². The monoisotopic (exact) mass is 188 g/mol. The van der Waals surface area contributed by atoms with Gasteiger partial charge >= 0.3 is 29.6 Å². The Morgan fingerprint density at radius 3 is 2.64 bits per heavy atom. The molecular formula is C6H14ClN2NaO. The first kappa shape index (κ1) is 12.2. The molecule has 1 aliphatic rings. The first-order chi connectivity index (χ1) is 4.75. The SMILES string of the molecule is CC1N(C)CCCN1OCl.[H-].[Na+]. The topological polar surface area (TPSA) is 15.7 Å². The van der Waals surface area contributed by atoms with E-state index in [0.29, 0.717) is 6.17 Å². The van der Waals surface area contributed by atoms with Crippen LogP contribution in [0.4, 0.5) is 0 Å². The Morgan fingerprint density at radius 2 is 2.18 bits per heavy atom. The van der Waals surface area contributed by atoms with E-state index in [2.05, 4.69) is 23.3 Å². The molecule has 0 aromatic rings. The molecule has 0 aromatic carbocycles. The molecule has 1 fully saturated rings. The van der Waals surface area contributed by atoms with Crippen molar-refractivity contribution < 1.29 is 35.4 Å². The molecule has 0 aromatic heterocycles. The quantitative estimate of drug-likeness (QED) is 0.451. The molecule has 1 saturated heterocycles. The summed E-state index contributed by atoms with van der Waals surface area (Å²) in [7, 11) is 2.06. The van der Waals surface area contributed by atoms with Gasteiger partial charge in [-0.2, -0.15) is 9.45 Å². The molecule has 0 bridgehead atoms. The van der Waals surface area contributed by atoms with Gasteiger partial charge in [0.05, 0.1) is 18.0 Å². The van der Waals surface area contributed by atoms with Crippen LogP contribution < -0.4 is 29.6 Å². The molecule has 3 nitrogen and oxygen atoms in total. The molecule has 0 aliphatic carbocycles. The molecule has 0 N–H and O–H groups in total. The largest absolute Gasteiger partial charge is 1.00 e. The van der Waals surface area contributed by atoms with Crippen molar-refractivity contribution >= 4 is 11.9 Å². The van der Waals surface area contributed by atoms with Crippen LogP contribution in [0.3, 0.4) is 0 Å². The van der Waals surface area contributed by atoms with Crippen molar-refractivity contribution in [3.05, 3.63) is 0 Å². The zero-order chi connectivity index (χ0) is 7.56. The fourth-order valence-corrected chi connectivity index (χ4v) is 1.35. The average Bonchev–Trinajstić information content (AvgIpc) is 1.95. The fraction of sp³-hybridized carbons (Fsp3) is 1.00. The van der Waals surface area contributed by atoms with Crippen LogP contribution in [-0.4, -0.2) is 36.3 Å².